The standard InChI is InChI=1S/C18H26FN3OS/c1-14-5-6-16(19)17(12-14)22-7-2-4-15(13-22)20-18(23)21-8-3-10-24-11-9-21/h5-6,12,15H,2-4,7-11,13H2,1H3,(H,20,23). The maximum atomic E-state index is 14.1. The normalized spacial score (nSPS) is 22.2. The zero-order valence-corrected chi connectivity index (χ0v) is 15.1. The predicted molar refractivity (Wildman–Crippen MR) is 98.4 cm³/mol. The van der Waals surface area contributed by atoms with E-state index in [1.807, 2.05) is 29.7 Å². The van der Waals surface area contributed by atoms with Gasteiger partial charge in [0.25, 0.3) is 0 Å². The van der Waals surface area contributed by atoms with Crippen molar-refractivity contribution >= 4 is 23.5 Å². The first-order chi connectivity index (χ1) is 11.6. The number of benzene rings is 1. The zero-order chi connectivity index (χ0) is 16.9. The van der Waals surface area contributed by atoms with Crippen LogP contribution in [0.1, 0.15) is 24.8 Å². The van der Waals surface area contributed by atoms with Crippen LogP contribution in [0.15, 0.2) is 18.2 Å². The van der Waals surface area contributed by atoms with Crippen LogP contribution in [-0.4, -0.2) is 54.7 Å². The number of aryl methyl sites for hydroxylation is 1. The lowest BCUT2D eigenvalue weighted by molar-refractivity contribution is 0.196. The molecule has 2 heterocycles. The topological polar surface area (TPSA) is 35.6 Å². The highest BCUT2D eigenvalue weighted by Crippen LogP contribution is 2.24. The lowest BCUT2D eigenvalue weighted by atomic mass is 10.0. The number of rotatable bonds is 2. The number of piperidine rings is 1. The molecule has 132 valence electrons. The molecule has 24 heavy (non-hydrogen) atoms. The zero-order valence-electron chi connectivity index (χ0n) is 14.3. The third kappa shape index (κ3) is 4.35. The Bertz CT molecular complexity index is 575. The Morgan fingerprint density at radius 2 is 2.12 bits per heavy atom. The van der Waals surface area contributed by atoms with Gasteiger partial charge in [-0.25, -0.2) is 9.18 Å². The monoisotopic (exact) mass is 351 g/mol. The second kappa shape index (κ2) is 8.10. The molecule has 1 aromatic rings. The first kappa shape index (κ1) is 17.4. The predicted octanol–water partition coefficient (Wildman–Crippen LogP) is 3.25. The van der Waals surface area contributed by atoms with E-state index in [1.54, 1.807) is 6.07 Å². The number of anilines is 1. The van der Waals surface area contributed by atoms with Crippen LogP contribution < -0.4 is 10.2 Å². The van der Waals surface area contributed by atoms with Gasteiger partial charge in [0.1, 0.15) is 5.82 Å². The lowest BCUT2D eigenvalue weighted by Gasteiger charge is -2.36. The number of amides is 2. The summed E-state index contributed by atoms with van der Waals surface area (Å²) in [5.74, 6) is 1.96. The molecule has 0 spiro atoms. The number of hydrogen-bond acceptors (Lipinski definition) is 3. The van der Waals surface area contributed by atoms with Gasteiger partial charge >= 0.3 is 6.03 Å². The molecule has 1 N–H and O–H groups in total. The van der Waals surface area contributed by atoms with Crippen LogP contribution >= 0.6 is 11.8 Å². The Kier molecular flexibility index (Phi) is 5.87. The van der Waals surface area contributed by atoms with Crippen molar-refractivity contribution in [2.24, 2.45) is 0 Å². The Morgan fingerprint density at radius 3 is 3.00 bits per heavy atom. The number of thioether (sulfide) groups is 1. The van der Waals surface area contributed by atoms with Crippen molar-refractivity contribution in [1.82, 2.24) is 10.2 Å². The van der Waals surface area contributed by atoms with Crippen LogP contribution in [0.3, 0.4) is 0 Å². The highest BCUT2D eigenvalue weighted by molar-refractivity contribution is 7.99. The fourth-order valence-corrected chi connectivity index (χ4v) is 4.28. The van der Waals surface area contributed by atoms with Gasteiger partial charge in [-0.2, -0.15) is 11.8 Å². The van der Waals surface area contributed by atoms with Crippen LogP contribution in [0.25, 0.3) is 0 Å². The molecule has 1 unspecified atom stereocenters. The molecule has 0 radical (unpaired) electrons. The van der Waals surface area contributed by atoms with Crippen molar-refractivity contribution in [2.45, 2.75) is 32.2 Å². The van der Waals surface area contributed by atoms with Gasteiger partial charge in [-0.15, -0.1) is 0 Å². The molecular weight excluding hydrogens is 325 g/mol. The number of halogens is 1. The summed E-state index contributed by atoms with van der Waals surface area (Å²) < 4.78 is 14.1. The maximum absolute atomic E-state index is 14.1. The summed E-state index contributed by atoms with van der Waals surface area (Å²) in [5, 5.41) is 3.16. The molecule has 3 rings (SSSR count). The summed E-state index contributed by atoms with van der Waals surface area (Å²) >= 11 is 1.91. The molecule has 2 aliphatic heterocycles. The Labute approximate surface area is 147 Å². The summed E-state index contributed by atoms with van der Waals surface area (Å²) in [7, 11) is 0. The molecule has 2 fully saturated rings. The fourth-order valence-electron chi connectivity index (χ4n) is 3.39. The van der Waals surface area contributed by atoms with Crippen molar-refractivity contribution in [3.8, 4) is 0 Å². The number of hydrogen-bond donors (Lipinski definition) is 1. The van der Waals surface area contributed by atoms with Gasteiger partial charge in [-0.05, 0) is 49.6 Å². The van der Waals surface area contributed by atoms with Gasteiger partial charge in [0.05, 0.1) is 5.69 Å². The third-order valence-electron chi connectivity index (χ3n) is 4.70. The minimum absolute atomic E-state index is 0.0362. The fraction of sp³-hybridized carbons (Fsp3) is 0.611. The second-order valence-corrected chi connectivity index (χ2v) is 7.87. The Morgan fingerprint density at radius 1 is 1.25 bits per heavy atom. The van der Waals surface area contributed by atoms with Gasteiger partial charge in [0.15, 0.2) is 0 Å². The Balaban J connectivity index is 1.61. The van der Waals surface area contributed by atoms with Crippen LogP contribution in [0.2, 0.25) is 0 Å². The number of carbonyl (C=O) groups excluding carboxylic acids is 1. The number of nitrogens with zero attached hydrogens (tertiary/aromatic N) is 2. The molecule has 0 aliphatic carbocycles. The molecule has 1 atom stereocenters. The lowest BCUT2D eigenvalue weighted by Crippen LogP contribution is -2.52. The molecular formula is C18H26FN3OS. The van der Waals surface area contributed by atoms with Crippen molar-refractivity contribution in [3.63, 3.8) is 0 Å². The number of carbonyl (C=O) groups is 1. The van der Waals surface area contributed by atoms with Gasteiger partial charge in [-0.3, -0.25) is 0 Å². The van der Waals surface area contributed by atoms with Gasteiger partial charge in [-0.1, -0.05) is 6.07 Å². The van der Waals surface area contributed by atoms with Crippen molar-refractivity contribution in [1.29, 1.82) is 0 Å². The molecule has 1 aromatic carbocycles. The van der Waals surface area contributed by atoms with E-state index in [9.17, 15) is 9.18 Å². The van der Waals surface area contributed by atoms with Crippen molar-refractivity contribution < 1.29 is 9.18 Å². The first-order valence-electron chi connectivity index (χ1n) is 8.78. The molecule has 0 bridgehead atoms. The van der Waals surface area contributed by atoms with Crippen LogP contribution in [0.5, 0.6) is 0 Å². The smallest absolute Gasteiger partial charge is 0.317 e. The molecule has 2 saturated heterocycles. The first-order valence-corrected chi connectivity index (χ1v) is 9.93. The molecule has 0 saturated carbocycles. The van der Waals surface area contributed by atoms with Crippen LogP contribution in [0, 0.1) is 12.7 Å². The summed E-state index contributed by atoms with van der Waals surface area (Å²) in [5.41, 5.74) is 1.71. The van der Waals surface area contributed by atoms with E-state index in [0.717, 1.165) is 56.0 Å². The minimum Gasteiger partial charge on any atom is -0.367 e. The van der Waals surface area contributed by atoms with E-state index in [2.05, 4.69) is 10.2 Å². The van der Waals surface area contributed by atoms with E-state index in [0.29, 0.717) is 12.2 Å². The second-order valence-electron chi connectivity index (χ2n) is 6.64. The van der Waals surface area contributed by atoms with E-state index in [-0.39, 0.29) is 17.9 Å². The minimum atomic E-state index is -0.183. The van der Waals surface area contributed by atoms with E-state index in [4.69, 9.17) is 0 Å². The molecule has 2 amide bonds. The number of urea groups is 1. The molecule has 4 nitrogen and oxygen atoms in total. The van der Waals surface area contributed by atoms with E-state index < -0.39 is 0 Å². The SMILES string of the molecule is Cc1ccc(F)c(N2CCCC(NC(=O)N3CCCSCC3)C2)c1. The van der Waals surface area contributed by atoms with E-state index in [1.165, 1.54) is 6.07 Å². The van der Waals surface area contributed by atoms with E-state index >= 15 is 0 Å². The molecule has 2 aliphatic rings. The highest BCUT2D eigenvalue weighted by atomic mass is 32.2. The third-order valence-corrected chi connectivity index (χ3v) is 5.75. The number of nitrogens with one attached hydrogen (secondary N) is 1. The average Bonchev–Trinajstić information content (AvgIpc) is 2.87. The highest BCUT2D eigenvalue weighted by Gasteiger charge is 2.25. The van der Waals surface area contributed by atoms with Crippen molar-refractivity contribution in [2.75, 3.05) is 42.6 Å². The van der Waals surface area contributed by atoms with Gasteiger partial charge < -0.3 is 15.1 Å². The summed E-state index contributed by atoms with van der Waals surface area (Å²) in [6.45, 7) is 5.15. The maximum Gasteiger partial charge on any atom is 0.317 e. The van der Waals surface area contributed by atoms with Crippen LogP contribution in [0.4, 0.5) is 14.9 Å². The summed E-state index contributed by atoms with van der Waals surface area (Å²) in [6.07, 6.45) is 2.98. The average molecular weight is 351 g/mol. The van der Waals surface area contributed by atoms with Gasteiger partial charge in [0, 0.05) is 38.0 Å². The molecule has 6 heteroatoms. The quantitative estimate of drug-likeness (QED) is 0.888. The van der Waals surface area contributed by atoms with Gasteiger partial charge in [0.2, 0.25) is 0 Å². The summed E-state index contributed by atoms with van der Waals surface area (Å²) in [4.78, 5) is 16.5. The summed E-state index contributed by atoms with van der Waals surface area (Å²) in [6, 6.07) is 5.34. The Hall–Kier alpha value is -1.43. The van der Waals surface area contributed by atoms with Crippen molar-refractivity contribution in [3.05, 3.63) is 29.6 Å². The van der Waals surface area contributed by atoms with Crippen LogP contribution in [-0.2, 0) is 0 Å². The largest absolute Gasteiger partial charge is 0.367 e. The molecule has 0 aromatic heterocycles.